The van der Waals surface area contributed by atoms with Gasteiger partial charge in [0.05, 0.1) is 12.1 Å². The highest BCUT2D eigenvalue weighted by Crippen LogP contribution is 2.35. The summed E-state index contributed by atoms with van der Waals surface area (Å²) in [4.78, 5) is 12.2. The third-order valence-corrected chi connectivity index (χ3v) is 5.75. The van der Waals surface area contributed by atoms with Crippen molar-refractivity contribution in [3.63, 3.8) is 0 Å². The summed E-state index contributed by atoms with van der Waals surface area (Å²) in [7, 11) is 0. The minimum atomic E-state index is -0.598. The number of aromatic nitrogens is 2. The molecule has 1 aromatic rings. The van der Waals surface area contributed by atoms with E-state index in [1.807, 2.05) is 0 Å². The van der Waals surface area contributed by atoms with Gasteiger partial charge in [0.25, 0.3) is 0 Å². The number of nitrogens with zero attached hydrogens (tertiary/aromatic N) is 2. The van der Waals surface area contributed by atoms with Crippen molar-refractivity contribution in [2.24, 2.45) is 0 Å². The molecule has 0 unspecified atom stereocenters. The van der Waals surface area contributed by atoms with Crippen LogP contribution in [0.4, 0.5) is 9.93 Å². The minimum absolute atomic E-state index is 0.0901. The number of hydrogen-bond acceptors (Lipinski definition) is 6. The molecule has 0 aromatic carbocycles. The number of anilines is 1. The highest BCUT2D eigenvalue weighted by Gasteiger charge is 2.33. The van der Waals surface area contributed by atoms with Crippen molar-refractivity contribution in [1.82, 2.24) is 15.5 Å². The molecule has 23 heavy (non-hydrogen) atoms. The van der Waals surface area contributed by atoms with Gasteiger partial charge in [0.2, 0.25) is 5.13 Å². The van der Waals surface area contributed by atoms with E-state index in [1.165, 1.54) is 30.6 Å². The molecular weight excluding hydrogens is 316 g/mol. The molecule has 2 aliphatic rings. The van der Waals surface area contributed by atoms with Crippen LogP contribution in [-0.4, -0.2) is 46.7 Å². The Morgan fingerprint density at radius 1 is 1.26 bits per heavy atom. The van der Waals surface area contributed by atoms with E-state index in [2.05, 4.69) is 20.8 Å². The topological polar surface area (TPSA) is 96.4 Å². The van der Waals surface area contributed by atoms with Crippen molar-refractivity contribution < 1.29 is 14.6 Å². The summed E-state index contributed by atoms with van der Waals surface area (Å²) in [6, 6.07) is -0.340. The van der Waals surface area contributed by atoms with Crippen molar-refractivity contribution in [1.29, 1.82) is 0 Å². The fourth-order valence-electron chi connectivity index (χ4n) is 3.25. The van der Waals surface area contributed by atoms with E-state index >= 15 is 0 Å². The lowest BCUT2D eigenvalue weighted by Crippen LogP contribution is -2.55. The molecule has 1 saturated heterocycles. The normalized spacial score (nSPS) is 21.8. The van der Waals surface area contributed by atoms with Crippen LogP contribution in [0.25, 0.3) is 0 Å². The van der Waals surface area contributed by atoms with Crippen LogP contribution >= 0.6 is 11.3 Å². The van der Waals surface area contributed by atoms with Crippen LogP contribution in [0.15, 0.2) is 0 Å². The van der Waals surface area contributed by atoms with Gasteiger partial charge < -0.3 is 15.2 Å². The van der Waals surface area contributed by atoms with Crippen LogP contribution in [0.1, 0.15) is 55.9 Å². The molecule has 7 nitrogen and oxygen atoms in total. The van der Waals surface area contributed by atoms with Crippen LogP contribution in [0.5, 0.6) is 0 Å². The lowest BCUT2D eigenvalue weighted by Gasteiger charge is -2.36. The summed E-state index contributed by atoms with van der Waals surface area (Å²) in [6.45, 7) is 1.00. The van der Waals surface area contributed by atoms with Gasteiger partial charge in [-0.3, -0.25) is 5.32 Å². The van der Waals surface area contributed by atoms with Crippen molar-refractivity contribution in [2.45, 2.75) is 56.4 Å². The summed E-state index contributed by atoms with van der Waals surface area (Å²) in [5, 5.41) is 25.1. The Balaban J connectivity index is 1.56. The molecule has 0 atom stereocenters. The maximum absolute atomic E-state index is 12.2. The Kier molecular flexibility index (Phi) is 5.45. The highest BCUT2D eigenvalue weighted by molar-refractivity contribution is 7.15. The van der Waals surface area contributed by atoms with E-state index in [0.717, 1.165) is 17.8 Å². The quantitative estimate of drug-likeness (QED) is 0.781. The zero-order valence-corrected chi connectivity index (χ0v) is 14.0. The van der Waals surface area contributed by atoms with Gasteiger partial charge in [0.15, 0.2) is 0 Å². The van der Waals surface area contributed by atoms with Crippen molar-refractivity contribution in [3.8, 4) is 0 Å². The average Bonchev–Trinajstić information content (AvgIpc) is 3.05. The van der Waals surface area contributed by atoms with Crippen molar-refractivity contribution >= 4 is 22.5 Å². The first-order valence-electron chi connectivity index (χ1n) is 8.32. The van der Waals surface area contributed by atoms with E-state index < -0.39 is 5.54 Å². The molecule has 3 rings (SSSR count). The predicted molar refractivity (Wildman–Crippen MR) is 87.8 cm³/mol. The van der Waals surface area contributed by atoms with Crippen molar-refractivity contribution in [2.75, 3.05) is 25.1 Å². The first kappa shape index (κ1) is 16.6. The zero-order valence-electron chi connectivity index (χ0n) is 13.2. The molecule has 8 heteroatoms. The Morgan fingerprint density at radius 2 is 2.00 bits per heavy atom. The SMILES string of the molecule is O=C(Nc1nnc(C2CCCCC2)s1)NC1(CO)CCOCC1. The van der Waals surface area contributed by atoms with Gasteiger partial charge >= 0.3 is 6.03 Å². The number of urea groups is 1. The van der Waals surface area contributed by atoms with E-state index in [-0.39, 0.29) is 12.6 Å². The molecular formula is C15H24N4O3S. The molecule has 2 heterocycles. The number of nitrogens with one attached hydrogen (secondary N) is 2. The summed E-state index contributed by atoms with van der Waals surface area (Å²) in [6.07, 6.45) is 7.34. The molecule has 128 valence electrons. The van der Waals surface area contributed by atoms with Crippen LogP contribution in [0.3, 0.4) is 0 Å². The second-order valence-electron chi connectivity index (χ2n) is 6.41. The Bertz CT molecular complexity index is 525. The number of ether oxygens (including phenoxy) is 1. The minimum Gasteiger partial charge on any atom is -0.394 e. The van der Waals surface area contributed by atoms with Gasteiger partial charge in [0, 0.05) is 19.1 Å². The largest absolute Gasteiger partial charge is 0.394 e. The number of aliphatic hydroxyl groups is 1. The number of aliphatic hydroxyl groups excluding tert-OH is 1. The maximum atomic E-state index is 12.2. The zero-order chi connectivity index (χ0) is 16.1. The van der Waals surface area contributed by atoms with E-state index in [0.29, 0.717) is 37.1 Å². The molecule has 1 aliphatic carbocycles. The van der Waals surface area contributed by atoms with Gasteiger partial charge in [-0.05, 0) is 25.7 Å². The Labute approximate surface area is 139 Å². The standard InChI is InChI=1S/C15H24N4O3S/c20-10-15(6-8-22-9-7-15)17-13(21)16-14-19-18-12(23-14)11-4-2-1-3-5-11/h11,20H,1-10H2,(H2,16,17,19,21). The van der Waals surface area contributed by atoms with E-state index in [4.69, 9.17) is 4.74 Å². The smallest absolute Gasteiger partial charge is 0.321 e. The molecule has 0 radical (unpaired) electrons. The van der Waals surface area contributed by atoms with Gasteiger partial charge in [-0.25, -0.2) is 4.79 Å². The molecule has 3 N–H and O–H groups in total. The Hall–Kier alpha value is -1.25. The molecule has 0 bridgehead atoms. The molecule has 1 saturated carbocycles. The lowest BCUT2D eigenvalue weighted by atomic mass is 9.90. The second-order valence-corrected chi connectivity index (χ2v) is 7.42. The summed E-state index contributed by atoms with van der Waals surface area (Å²) in [5.41, 5.74) is -0.598. The van der Waals surface area contributed by atoms with Crippen LogP contribution < -0.4 is 10.6 Å². The third-order valence-electron chi connectivity index (χ3n) is 4.75. The number of hydrogen-bond donors (Lipinski definition) is 3. The predicted octanol–water partition coefficient (Wildman–Crippen LogP) is 2.25. The lowest BCUT2D eigenvalue weighted by molar-refractivity contribution is 0.0179. The molecule has 2 amide bonds. The van der Waals surface area contributed by atoms with E-state index in [1.54, 1.807) is 0 Å². The summed E-state index contributed by atoms with van der Waals surface area (Å²) in [5.74, 6) is 0.485. The van der Waals surface area contributed by atoms with Crippen molar-refractivity contribution in [3.05, 3.63) is 5.01 Å². The average molecular weight is 340 g/mol. The van der Waals surface area contributed by atoms with Gasteiger partial charge in [-0.15, -0.1) is 10.2 Å². The van der Waals surface area contributed by atoms with Crippen LogP contribution in [0, 0.1) is 0 Å². The van der Waals surface area contributed by atoms with Gasteiger partial charge in [-0.2, -0.15) is 0 Å². The fraction of sp³-hybridized carbons (Fsp3) is 0.800. The number of rotatable bonds is 4. The summed E-state index contributed by atoms with van der Waals surface area (Å²) < 4.78 is 5.29. The number of carbonyl (C=O) groups is 1. The summed E-state index contributed by atoms with van der Waals surface area (Å²) >= 11 is 1.45. The van der Waals surface area contributed by atoms with E-state index in [9.17, 15) is 9.90 Å². The third kappa shape index (κ3) is 4.19. The maximum Gasteiger partial charge on any atom is 0.321 e. The monoisotopic (exact) mass is 340 g/mol. The van der Waals surface area contributed by atoms with Crippen LogP contribution in [-0.2, 0) is 4.74 Å². The highest BCUT2D eigenvalue weighted by atomic mass is 32.1. The van der Waals surface area contributed by atoms with Gasteiger partial charge in [0.1, 0.15) is 5.01 Å². The molecule has 2 fully saturated rings. The first-order valence-corrected chi connectivity index (χ1v) is 9.14. The van der Waals surface area contributed by atoms with Crippen LogP contribution in [0.2, 0.25) is 0 Å². The first-order chi connectivity index (χ1) is 11.2. The number of carbonyl (C=O) groups excluding carboxylic acids is 1. The second kappa shape index (κ2) is 7.55. The molecule has 0 spiro atoms. The molecule has 1 aliphatic heterocycles. The number of amides is 2. The fourth-order valence-corrected chi connectivity index (χ4v) is 4.16. The molecule has 1 aromatic heterocycles. The van der Waals surface area contributed by atoms with Gasteiger partial charge in [-0.1, -0.05) is 30.6 Å². The Morgan fingerprint density at radius 3 is 2.70 bits per heavy atom.